The molecule has 1 aliphatic rings. The van der Waals surface area contributed by atoms with E-state index in [1.165, 1.54) is 7.05 Å². The van der Waals surface area contributed by atoms with E-state index in [1.54, 1.807) is 39.1 Å². The van der Waals surface area contributed by atoms with Gasteiger partial charge in [-0.3, -0.25) is 0 Å². The second-order valence-corrected chi connectivity index (χ2v) is 10.0. The number of aromatic nitrogens is 4. The Kier molecular flexibility index (Phi) is 5.84. The number of aryl methyl sites for hydroxylation is 1. The second-order valence-electron chi connectivity index (χ2n) is 10.0. The van der Waals surface area contributed by atoms with Crippen molar-refractivity contribution in [3.05, 3.63) is 75.4 Å². The third-order valence-corrected chi connectivity index (χ3v) is 6.20. The van der Waals surface area contributed by atoms with Crippen molar-refractivity contribution < 1.29 is 27.1 Å². The highest BCUT2D eigenvalue weighted by atomic mass is 19.2. The predicted octanol–water partition coefficient (Wildman–Crippen LogP) is 3.88. The molecule has 4 aromatic rings. The molecule has 0 radical (unpaired) electrons. The highest BCUT2D eigenvalue weighted by molar-refractivity contribution is 5.68. The molecule has 0 unspecified atom stereocenters. The average molecular weight is 515 g/mol. The third kappa shape index (κ3) is 4.70. The number of nitrogens with one attached hydrogen (secondary N) is 1. The summed E-state index contributed by atoms with van der Waals surface area (Å²) >= 11 is 0. The summed E-state index contributed by atoms with van der Waals surface area (Å²) in [5.74, 6) is -4.62. The number of hydrogen-bond donors (Lipinski definition) is 1. The second kappa shape index (κ2) is 8.79. The maximum Gasteiger partial charge on any atom is 0.437 e. The maximum absolute atomic E-state index is 14.8. The van der Waals surface area contributed by atoms with Crippen molar-refractivity contribution in [3.8, 4) is 11.5 Å². The molecule has 1 aromatic carbocycles. The Hall–Kier alpha value is -4.09. The van der Waals surface area contributed by atoms with Crippen LogP contribution in [0, 0.1) is 17.5 Å². The fraction of sp³-hybridized carbons (Fsp3) is 0.360. The molecule has 1 amide bonds. The molecule has 12 heteroatoms. The first-order valence-corrected chi connectivity index (χ1v) is 11.6. The van der Waals surface area contributed by atoms with Crippen molar-refractivity contribution in [2.45, 2.75) is 51.2 Å². The Morgan fingerprint density at radius 1 is 1.14 bits per heavy atom. The van der Waals surface area contributed by atoms with Crippen LogP contribution in [0.5, 0.6) is 0 Å². The van der Waals surface area contributed by atoms with Crippen molar-refractivity contribution in [2.75, 3.05) is 0 Å². The molecule has 194 valence electrons. The highest BCUT2D eigenvalue weighted by Gasteiger charge is 2.36. The van der Waals surface area contributed by atoms with Gasteiger partial charge >= 0.3 is 11.8 Å². The maximum atomic E-state index is 14.8. The summed E-state index contributed by atoms with van der Waals surface area (Å²) in [5.41, 5.74) is 1.56. The van der Waals surface area contributed by atoms with Crippen LogP contribution in [-0.2, 0) is 24.6 Å². The van der Waals surface area contributed by atoms with Crippen LogP contribution in [-0.4, -0.2) is 36.9 Å². The number of carbonyl (C=O) groups excluding carboxylic acids is 1. The first kappa shape index (κ1) is 24.6. The van der Waals surface area contributed by atoms with Crippen LogP contribution in [0.4, 0.5) is 18.0 Å². The highest BCUT2D eigenvalue weighted by Crippen LogP contribution is 2.36. The smallest absolute Gasteiger partial charge is 0.437 e. The predicted molar refractivity (Wildman–Crippen MR) is 126 cm³/mol. The van der Waals surface area contributed by atoms with Gasteiger partial charge in [-0.2, -0.15) is 4.68 Å². The number of halogens is 3. The number of imidazole rings is 1. The Labute approximate surface area is 208 Å². The normalized spacial score (nSPS) is 17.6. The Bertz CT molecular complexity index is 1580. The van der Waals surface area contributed by atoms with Gasteiger partial charge in [0.2, 0.25) is 5.89 Å². The van der Waals surface area contributed by atoms with Gasteiger partial charge in [0.1, 0.15) is 17.1 Å². The lowest BCUT2D eigenvalue weighted by Gasteiger charge is -2.33. The van der Waals surface area contributed by atoms with Gasteiger partial charge in [0.05, 0.1) is 5.69 Å². The van der Waals surface area contributed by atoms with Crippen LogP contribution in [0.1, 0.15) is 43.6 Å². The fourth-order valence-corrected chi connectivity index (χ4v) is 4.58. The number of rotatable bonds is 3. The lowest BCUT2D eigenvalue weighted by molar-refractivity contribution is 0.0493. The molecule has 9 nitrogen and oxygen atoms in total. The van der Waals surface area contributed by atoms with Gasteiger partial charge in [-0.25, -0.2) is 27.7 Å². The molecule has 0 fully saturated rings. The van der Waals surface area contributed by atoms with Gasteiger partial charge in [0, 0.05) is 55.4 Å². The zero-order valence-electron chi connectivity index (χ0n) is 20.5. The van der Waals surface area contributed by atoms with Crippen molar-refractivity contribution >= 4 is 11.7 Å². The molecule has 0 aliphatic heterocycles. The fourth-order valence-electron chi connectivity index (χ4n) is 4.58. The number of hydrogen-bond acceptors (Lipinski definition) is 6. The van der Waals surface area contributed by atoms with Crippen molar-refractivity contribution in [2.24, 2.45) is 7.05 Å². The van der Waals surface area contributed by atoms with E-state index in [1.807, 2.05) is 4.40 Å². The molecular weight excluding hydrogens is 491 g/mol. The number of pyridine rings is 1. The van der Waals surface area contributed by atoms with Crippen LogP contribution in [0.15, 0.2) is 39.7 Å². The number of nitrogens with zero attached hydrogens (tertiary/aromatic N) is 4. The summed E-state index contributed by atoms with van der Waals surface area (Å²) in [6, 6.07) is 4.02. The molecule has 37 heavy (non-hydrogen) atoms. The van der Waals surface area contributed by atoms with Gasteiger partial charge in [-0.15, -0.1) is 5.10 Å². The molecule has 5 rings (SSSR count). The Balaban J connectivity index is 1.56. The van der Waals surface area contributed by atoms with Gasteiger partial charge in [0.25, 0.3) is 0 Å². The quantitative estimate of drug-likeness (QED) is 0.416. The average Bonchev–Trinajstić information content (AvgIpc) is 3.33. The summed E-state index contributed by atoms with van der Waals surface area (Å²) in [6.07, 6.45) is 1.38. The number of ether oxygens (including phenoxy) is 1. The monoisotopic (exact) mass is 515 g/mol. The summed E-state index contributed by atoms with van der Waals surface area (Å²) < 4.78 is 56.0. The van der Waals surface area contributed by atoms with E-state index in [0.29, 0.717) is 23.0 Å². The summed E-state index contributed by atoms with van der Waals surface area (Å²) in [6.45, 7) is 5.14. The topological polar surface area (TPSA) is 104 Å². The zero-order valence-corrected chi connectivity index (χ0v) is 20.5. The molecule has 0 bridgehead atoms. The molecule has 0 spiro atoms. The van der Waals surface area contributed by atoms with Crippen LogP contribution >= 0.6 is 0 Å². The summed E-state index contributed by atoms with van der Waals surface area (Å²) in [5, 5.41) is 6.83. The summed E-state index contributed by atoms with van der Waals surface area (Å²) in [7, 11) is 1.47. The van der Waals surface area contributed by atoms with Gasteiger partial charge < -0.3 is 18.9 Å². The lowest BCUT2D eigenvalue weighted by Crippen LogP contribution is -2.46. The van der Waals surface area contributed by atoms with E-state index in [4.69, 9.17) is 9.15 Å². The molecular formula is C25H24F3N5O4. The van der Waals surface area contributed by atoms with E-state index >= 15 is 0 Å². The largest absolute Gasteiger partial charge is 0.444 e. The molecule has 2 atom stereocenters. The molecule has 1 aliphatic carbocycles. The van der Waals surface area contributed by atoms with Gasteiger partial charge in [-0.05, 0) is 44.5 Å². The van der Waals surface area contributed by atoms with E-state index in [0.717, 1.165) is 16.4 Å². The van der Waals surface area contributed by atoms with Crippen molar-refractivity contribution in [3.63, 3.8) is 0 Å². The molecule has 1 N–H and O–H groups in total. The van der Waals surface area contributed by atoms with E-state index in [2.05, 4.69) is 15.4 Å². The van der Waals surface area contributed by atoms with E-state index in [-0.39, 0.29) is 24.3 Å². The molecule has 3 aromatic heterocycles. The molecule has 0 saturated carbocycles. The summed E-state index contributed by atoms with van der Waals surface area (Å²) in [4.78, 5) is 29.0. The Morgan fingerprint density at radius 2 is 1.86 bits per heavy atom. The van der Waals surface area contributed by atoms with Crippen LogP contribution in [0.3, 0.4) is 0 Å². The molecule has 0 saturated heterocycles. The third-order valence-electron chi connectivity index (χ3n) is 6.20. The number of amides is 1. The number of alkyl carbamates (subject to hydrolysis) is 1. The Morgan fingerprint density at radius 3 is 2.54 bits per heavy atom. The number of benzene rings is 1. The SMILES string of the molecule is Cn1nc(-c2ccn3c4c(nc3c2)C[C@H](c2cc(F)c(F)cc2F)[C@@H](NC(=O)OC(C)(C)C)C4)oc1=O. The van der Waals surface area contributed by atoms with E-state index < -0.39 is 46.9 Å². The minimum absolute atomic E-state index is 0.0707. The number of carbonyl (C=O) groups is 1. The lowest BCUT2D eigenvalue weighted by atomic mass is 9.80. The van der Waals surface area contributed by atoms with Crippen molar-refractivity contribution in [1.29, 1.82) is 0 Å². The minimum atomic E-state index is -1.30. The number of fused-ring (bicyclic) bond motifs is 3. The first-order chi connectivity index (χ1) is 17.4. The zero-order chi connectivity index (χ0) is 26.6. The van der Waals surface area contributed by atoms with Crippen LogP contribution < -0.4 is 11.1 Å². The van der Waals surface area contributed by atoms with Gasteiger partial charge in [-0.1, -0.05) is 0 Å². The van der Waals surface area contributed by atoms with Crippen molar-refractivity contribution in [1.82, 2.24) is 24.5 Å². The molecule has 3 heterocycles. The first-order valence-electron chi connectivity index (χ1n) is 11.6. The van der Waals surface area contributed by atoms with Gasteiger partial charge in [0.15, 0.2) is 11.6 Å². The standard InChI is InChI=1S/C25H24F3N5O4/c1-25(2,3)37-23(34)30-18-11-20-19(9-14(18)13-8-16(27)17(28)10-15(13)26)29-21-7-12(5-6-33(20)21)22-31-32(4)24(35)36-22/h5-8,10,14,18H,9,11H2,1-4H3,(H,30,34)/t14-,18+/m1/s1. The van der Waals surface area contributed by atoms with E-state index in [9.17, 15) is 22.8 Å². The van der Waals surface area contributed by atoms with Crippen LogP contribution in [0.2, 0.25) is 0 Å². The minimum Gasteiger partial charge on any atom is -0.444 e. The van der Waals surface area contributed by atoms with Crippen LogP contribution in [0.25, 0.3) is 17.1 Å².